The average Bonchev–Trinajstić information content (AvgIpc) is 1.81. The highest BCUT2D eigenvalue weighted by Gasteiger charge is 2.38. The lowest BCUT2D eigenvalue weighted by atomic mass is 9.93. The van der Waals surface area contributed by atoms with E-state index in [1.165, 1.54) is 60.4 Å². The Morgan fingerprint density at radius 1 is 0.571 bits per heavy atom. The van der Waals surface area contributed by atoms with Gasteiger partial charge in [0, 0.05) is 122 Å². The lowest BCUT2D eigenvalue weighted by Crippen LogP contribution is -2.55. The van der Waals surface area contributed by atoms with Crippen molar-refractivity contribution in [3.8, 4) is 0 Å². The number of carbonyl (C=O) groups is 3. The van der Waals surface area contributed by atoms with Crippen molar-refractivity contribution in [2.75, 3.05) is 131 Å². The molecule has 1 saturated carbocycles. The van der Waals surface area contributed by atoms with Crippen LogP contribution in [0.5, 0.6) is 0 Å². The first-order valence-electron chi connectivity index (χ1n) is 30.2. The Labute approximate surface area is 557 Å². The molecule has 0 spiro atoms. The molecule has 1 aliphatic carbocycles. The number of halogens is 3. The molecule has 5 N–H and O–H groups in total. The first-order valence-corrected chi connectivity index (χ1v) is 36.8. The second-order valence-electron chi connectivity index (χ2n) is 25.2. The van der Waals surface area contributed by atoms with E-state index in [0.717, 1.165) is 83.5 Å². The maximum Gasteiger partial charge on any atom is 0.407 e. The highest BCUT2D eigenvalue weighted by Crippen LogP contribution is 2.42. The van der Waals surface area contributed by atoms with Crippen molar-refractivity contribution in [2.24, 2.45) is 29.4 Å². The zero-order valence-electron chi connectivity index (χ0n) is 53.2. The molecule has 9 rings (SSSR count). The van der Waals surface area contributed by atoms with Crippen LogP contribution in [0.25, 0.3) is 0 Å². The van der Waals surface area contributed by atoms with E-state index in [1.807, 2.05) is 26.8 Å². The van der Waals surface area contributed by atoms with Crippen molar-refractivity contribution in [2.45, 2.75) is 94.6 Å². The quantitative estimate of drug-likeness (QED) is 0.0561. The lowest BCUT2D eigenvalue weighted by Gasteiger charge is -2.44. The minimum atomic E-state index is -3.67. The largest absolute Gasteiger partial charge is 0.465 e. The number of nitrogens with two attached hydrogens (primary N) is 1. The number of carboxylic acid groups (broad SMARTS) is 1. The molecule has 91 heavy (non-hydrogen) atoms. The van der Waals surface area contributed by atoms with Gasteiger partial charge in [-0.15, -0.1) is 37.2 Å². The normalized spacial score (nSPS) is 17.7. The van der Waals surface area contributed by atoms with E-state index in [1.54, 1.807) is 58.9 Å². The molecule has 4 saturated heterocycles. The van der Waals surface area contributed by atoms with Crippen LogP contribution in [0.3, 0.4) is 0 Å². The number of rotatable bonds is 23. The summed E-state index contributed by atoms with van der Waals surface area (Å²) in [4.78, 5) is 47.2. The Balaban J connectivity index is 0.000000323. The fourth-order valence-electron chi connectivity index (χ4n) is 11.8. The van der Waals surface area contributed by atoms with Crippen LogP contribution >= 0.6 is 37.2 Å². The van der Waals surface area contributed by atoms with Gasteiger partial charge >= 0.3 is 6.09 Å². The first kappa shape index (κ1) is 76.8. The second-order valence-corrected chi connectivity index (χ2v) is 33.1. The highest BCUT2D eigenvalue weighted by molar-refractivity contribution is 7.92. The summed E-state index contributed by atoms with van der Waals surface area (Å²) in [6, 6.07) is 22.4. The molecule has 5 fully saturated rings. The number of benzene rings is 4. The zero-order valence-corrected chi connectivity index (χ0v) is 58.9. The van der Waals surface area contributed by atoms with E-state index >= 15 is 0 Å². The Bertz CT molecular complexity index is 3600. The third-order valence-corrected chi connectivity index (χ3v) is 23.6. The molecule has 0 atom stereocenters. The third kappa shape index (κ3) is 19.9. The molecule has 3 amide bonds. The van der Waals surface area contributed by atoms with Gasteiger partial charge in [0.1, 0.15) is 0 Å². The van der Waals surface area contributed by atoms with Crippen LogP contribution in [-0.2, 0) is 53.2 Å². The Hall–Kier alpha value is -4.88. The average molecular weight is 1410 g/mol. The predicted molar refractivity (Wildman–Crippen MR) is 365 cm³/mol. The van der Waals surface area contributed by atoms with Crippen LogP contribution < -0.4 is 25.0 Å². The summed E-state index contributed by atoms with van der Waals surface area (Å²) < 4.78 is 108. The first-order chi connectivity index (χ1) is 41.3. The van der Waals surface area contributed by atoms with Crippen LogP contribution in [0, 0.1) is 23.7 Å². The monoisotopic (exact) mass is 1400 g/mol. The van der Waals surface area contributed by atoms with E-state index in [4.69, 9.17) is 5.73 Å². The van der Waals surface area contributed by atoms with E-state index in [0.29, 0.717) is 102 Å². The number of amides is 3. The van der Waals surface area contributed by atoms with Gasteiger partial charge in [0.05, 0.1) is 44.8 Å². The fourth-order valence-corrected chi connectivity index (χ4v) is 15.7. The van der Waals surface area contributed by atoms with Gasteiger partial charge in [-0.2, -0.15) is 8.61 Å². The zero-order chi connectivity index (χ0) is 64.1. The van der Waals surface area contributed by atoms with E-state index < -0.39 is 63.5 Å². The summed E-state index contributed by atoms with van der Waals surface area (Å²) in [6.45, 7) is 17.4. The summed E-state index contributed by atoms with van der Waals surface area (Å²) in [6.07, 6.45) is 7.70. The number of nitrogens with one attached hydrogen (secondary N) is 2. The molecular formula is C61H92Cl3N11O12S4. The minimum Gasteiger partial charge on any atom is -0.465 e. The molecule has 0 unspecified atom stereocenters. The summed E-state index contributed by atoms with van der Waals surface area (Å²) >= 11 is 0. The van der Waals surface area contributed by atoms with E-state index in [2.05, 4.69) is 32.3 Å². The van der Waals surface area contributed by atoms with Gasteiger partial charge in [0.15, 0.2) is 0 Å². The molecule has 0 bridgehead atoms. The Morgan fingerprint density at radius 3 is 1.33 bits per heavy atom. The number of piperazine rings is 1. The molecule has 4 aliphatic heterocycles. The number of unbranched alkanes of at least 4 members (excludes halogenated alkanes) is 1. The van der Waals surface area contributed by atoms with Crippen LogP contribution in [0.4, 0.5) is 27.5 Å². The van der Waals surface area contributed by atoms with Gasteiger partial charge < -0.3 is 31.3 Å². The molecule has 4 aromatic carbocycles. The summed E-state index contributed by atoms with van der Waals surface area (Å²) in [5.41, 5.74) is 8.55. The predicted octanol–water partition coefficient (Wildman–Crippen LogP) is 7.45. The SMILES string of the molecule is CCCCN1CCN(S(=O)(=O)c2ccc(NC(=O)c3cc(CN4CC(CN)C4)ccc3N(C)S(C)(=O)=O)cc2)CC1.CN(c1ccc(CN2CC(CN(C(=O)O)C(C)(C)C)C2)cc1C(=O)Nc1ccc(S(=O)(=O)N2CCC(C3CC3)CC2)cc1)S(C)(=O)=O.Cl.Cl.Cl. The molecule has 23 nitrogen and oxygen atoms in total. The summed E-state index contributed by atoms with van der Waals surface area (Å²) in [7, 11) is -11.8. The maximum absolute atomic E-state index is 13.6. The van der Waals surface area contributed by atoms with Crippen molar-refractivity contribution >= 4 is 118 Å². The molecule has 4 heterocycles. The van der Waals surface area contributed by atoms with Gasteiger partial charge in [0.25, 0.3) is 11.8 Å². The number of nitrogens with zero attached hydrogens (tertiary/aromatic N) is 8. The lowest BCUT2D eigenvalue weighted by molar-refractivity contribution is 0.0330. The summed E-state index contributed by atoms with van der Waals surface area (Å²) in [5, 5.41) is 15.2. The van der Waals surface area contributed by atoms with Gasteiger partial charge in [-0.25, -0.2) is 38.5 Å². The van der Waals surface area contributed by atoms with Gasteiger partial charge in [-0.3, -0.25) is 28.0 Å². The van der Waals surface area contributed by atoms with Crippen LogP contribution in [0.1, 0.15) is 98.1 Å². The van der Waals surface area contributed by atoms with Crippen LogP contribution in [0.15, 0.2) is 94.7 Å². The standard InChI is InChI=1S/C33H47N5O7S2.C28H42N6O5S2.3ClH/c1-33(2,3)38(32(40)41)22-24-20-36(21-24)19-23-6-13-30(35(4)46(5,42)43)29(18-23)31(39)34-27-9-11-28(12-10-27)47(44,45)37-16-14-26(15-17-37)25-7-8-25;1-4-5-12-32-13-15-34(16-14-32)41(38,39)25-9-7-24(8-10-25)30-28(35)26-17-22(19-33-20-23(18-29)21-33)6-11-27(26)31(2)40(3,36)37;;;/h6,9-13,18,24-26H,7-8,14-17,19-22H2,1-5H3,(H,34,39)(H,40,41);6-11,17,23H,4-5,12-16,18-21,29H2,1-3H3,(H,30,35);3*1H. The summed E-state index contributed by atoms with van der Waals surface area (Å²) in [5.74, 6) is 1.02. The Kier molecular flexibility index (Phi) is 27.0. The molecule has 4 aromatic rings. The Morgan fingerprint density at radius 2 is 0.967 bits per heavy atom. The second kappa shape index (κ2) is 32.0. The third-order valence-electron chi connectivity index (χ3n) is 17.4. The number of hydrogen-bond acceptors (Lipinski definition) is 15. The van der Waals surface area contributed by atoms with Crippen molar-refractivity contribution in [3.63, 3.8) is 0 Å². The number of anilines is 4. The van der Waals surface area contributed by atoms with E-state index in [9.17, 15) is 53.2 Å². The maximum atomic E-state index is 13.6. The number of hydrogen-bond donors (Lipinski definition) is 4. The number of likely N-dealkylation sites (tertiary alicyclic amines) is 2. The van der Waals surface area contributed by atoms with Gasteiger partial charge in [0.2, 0.25) is 40.1 Å². The molecule has 5 aliphatic rings. The van der Waals surface area contributed by atoms with Gasteiger partial charge in [-0.1, -0.05) is 25.5 Å². The number of carbonyl (C=O) groups excluding carboxylic acids is 2. The van der Waals surface area contributed by atoms with E-state index in [-0.39, 0.29) is 75.4 Å². The van der Waals surface area contributed by atoms with Crippen molar-refractivity contribution in [3.05, 3.63) is 107 Å². The van der Waals surface area contributed by atoms with Crippen LogP contribution in [0.2, 0.25) is 0 Å². The van der Waals surface area contributed by atoms with Crippen molar-refractivity contribution < 1.29 is 53.2 Å². The number of sulfonamides is 4. The van der Waals surface area contributed by atoms with Crippen molar-refractivity contribution in [1.82, 2.24) is 28.2 Å². The topological polar surface area (TPSA) is 284 Å². The minimum absolute atomic E-state index is 0. The van der Waals surface area contributed by atoms with Crippen molar-refractivity contribution in [1.29, 1.82) is 0 Å². The smallest absolute Gasteiger partial charge is 0.407 e. The number of piperidine rings is 1. The van der Waals surface area contributed by atoms with Crippen LogP contribution in [-0.4, -0.2) is 202 Å². The molecule has 0 aromatic heterocycles. The molecule has 30 heteroatoms. The molecular weight excluding hydrogens is 1310 g/mol. The molecule has 0 radical (unpaired) electrons. The molecule has 508 valence electrons. The van der Waals surface area contributed by atoms with Gasteiger partial charge in [-0.05, 0) is 168 Å². The fraction of sp³-hybridized carbons (Fsp3) is 0.557. The highest BCUT2D eigenvalue weighted by atomic mass is 35.5.